The summed E-state index contributed by atoms with van der Waals surface area (Å²) in [7, 11) is 0. The van der Waals surface area contributed by atoms with E-state index in [9.17, 15) is 9.59 Å². The van der Waals surface area contributed by atoms with Gasteiger partial charge in [0.25, 0.3) is 0 Å². The number of hydrogen-bond donors (Lipinski definition) is 0. The summed E-state index contributed by atoms with van der Waals surface area (Å²) in [5.41, 5.74) is 0.600. The minimum atomic E-state index is -0.455. The van der Waals surface area contributed by atoms with Crippen molar-refractivity contribution in [1.29, 1.82) is 0 Å². The van der Waals surface area contributed by atoms with Gasteiger partial charge in [-0.3, -0.25) is 9.59 Å². The SMILES string of the molecule is CC=C(C)C(=O)CC(=O)OCC. The first-order valence-corrected chi connectivity index (χ1v) is 3.93. The molecule has 0 unspecified atom stereocenters. The molecule has 0 aliphatic heterocycles. The molecule has 0 fully saturated rings. The molecule has 0 bridgehead atoms. The van der Waals surface area contributed by atoms with Gasteiger partial charge < -0.3 is 4.74 Å². The van der Waals surface area contributed by atoms with Gasteiger partial charge in [-0.15, -0.1) is 0 Å². The molecular weight excluding hydrogens is 156 g/mol. The third-order valence-electron chi connectivity index (χ3n) is 1.48. The maximum atomic E-state index is 11.1. The minimum Gasteiger partial charge on any atom is -0.466 e. The standard InChI is InChI=1S/C9H14O3/c1-4-7(3)8(10)6-9(11)12-5-2/h4H,5-6H2,1-3H3. The highest BCUT2D eigenvalue weighted by Gasteiger charge is 2.10. The van der Waals surface area contributed by atoms with E-state index in [4.69, 9.17) is 0 Å². The molecule has 0 spiro atoms. The second-order valence-corrected chi connectivity index (χ2v) is 2.38. The number of hydrogen-bond acceptors (Lipinski definition) is 3. The summed E-state index contributed by atoms with van der Waals surface area (Å²) in [6.07, 6.45) is 1.53. The van der Waals surface area contributed by atoms with Gasteiger partial charge in [-0.2, -0.15) is 0 Å². The van der Waals surface area contributed by atoms with Crippen molar-refractivity contribution in [3.05, 3.63) is 11.6 Å². The number of allylic oxidation sites excluding steroid dienone is 2. The Kier molecular flexibility index (Phi) is 5.00. The molecular formula is C9H14O3. The monoisotopic (exact) mass is 170 g/mol. The lowest BCUT2D eigenvalue weighted by molar-refractivity contribution is -0.144. The topological polar surface area (TPSA) is 43.4 Å². The fourth-order valence-corrected chi connectivity index (χ4v) is 0.644. The molecule has 0 amide bonds. The minimum absolute atomic E-state index is 0.149. The zero-order chi connectivity index (χ0) is 9.56. The van der Waals surface area contributed by atoms with Crippen LogP contribution in [0, 0.1) is 0 Å². The summed E-state index contributed by atoms with van der Waals surface area (Å²) < 4.78 is 4.62. The number of carbonyl (C=O) groups excluding carboxylic acids is 2. The largest absolute Gasteiger partial charge is 0.466 e. The number of carbonyl (C=O) groups is 2. The van der Waals surface area contributed by atoms with Crippen molar-refractivity contribution in [1.82, 2.24) is 0 Å². The molecule has 12 heavy (non-hydrogen) atoms. The molecule has 0 saturated carbocycles. The highest BCUT2D eigenvalue weighted by molar-refractivity contribution is 6.05. The van der Waals surface area contributed by atoms with Crippen LogP contribution >= 0.6 is 0 Å². The zero-order valence-corrected chi connectivity index (χ0v) is 7.72. The Morgan fingerprint density at radius 1 is 1.42 bits per heavy atom. The van der Waals surface area contributed by atoms with Gasteiger partial charge in [-0.05, 0) is 26.3 Å². The Labute approximate surface area is 72.4 Å². The van der Waals surface area contributed by atoms with Crippen molar-refractivity contribution in [2.45, 2.75) is 27.2 Å². The van der Waals surface area contributed by atoms with E-state index < -0.39 is 5.97 Å². The van der Waals surface area contributed by atoms with E-state index in [2.05, 4.69) is 4.74 Å². The lowest BCUT2D eigenvalue weighted by atomic mass is 10.1. The molecule has 0 saturated heterocycles. The molecule has 0 N–H and O–H groups in total. The van der Waals surface area contributed by atoms with Crippen molar-refractivity contribution < 1.29 is 14.3 Å². The third-order valence-corrected chi connectivity index (χ3v) is 1.48. The van der Waals surface area contributed by atoms with Crippen LogP contribution in [0.3, 0.4) is 0 Å². The predicted molar refractivity (Wildman–Crippen MR) is 45.7 cm³/mol. The lowest BCUT2D eigenvalue weighted by Gasteiger charge is -2.00. The first-order chi connectivity index (χ1) is 5.61. The van der Waals surface area contributed by atoms with Crippen LogP contribution in [0.2, 0.25) is 0 Å². The Hall–Kier alpha value is -1.12. The van der Waals surface area contributed by atoms with Gasteiger partial charge in [-0.1, -0.05) is 6.08 Å². The average Bonchev–Trinajstić information content (AvgIpc) is 2.03. The number of ether oxygens (including phenoxy) is 1. The van der Waals surface area contributed by atoms with Crippen LogP contribution in [-0.2, 0) is 14.3 Å². The third kappa shape index (κ3) is 3.91. The smallest absolute Gasteiger partial charge is 0.313 e. The van der Waals surface area contributed by atoms with E-state index in [1.807, 2.05) is 0 Å². The fourth-order valence-electron chi connectivity index (χ4n) is 0.644. The summed E-state index contributed by atoms with van der Waals surface area (Å²) in [6.45, 7) is 5.48. The van der Waals surface area contributed by atoms with Crippen LogP contribution < -0.4 is 0 Å². The molecule has 0 aromatic rings. The lowest BCUT2D eigenvalue weighted by Crippen LogP contribution is -2.11. The van der Waals surface area contributed by atoms with E-state index in [1.165, 1.54) is 0 Å². The molecule has 0 atom stereocenters. The molecule has 3 nitrogen and oxygen atoms in total. The quantitative estimate of drug-likeness (QED) is 0.364. The van der Waals surface area contributed by atoms with Crippen molar-refractivity contribution in [2.24, 2.45) is 0 Å². The van der Waals surface area contributed by atoms with E-state index in [0.717, 1.165) is 0 Å². The van der Waals surface area contributed by atoms with E-state index in [1.54, 1.807) is 26.8 Å². The van der Waals surface area contributed by atoms with Crippen LogP contribution in [-0.4, -0.2) is 18.4 Å². The van der Waals surface area contributed by atoms with Gasteiger partial charge in [0.05, 0.1) is 6.61 Å². The molecule has 0 aliphatic rings. The normalized spacial score (nSPS) is 11.1. The molecule has 0 aromatic carbocycles. The predicted octanol–water partition coefficient (Wildman–Crippen LogP) is 1.47. The first-order valence-electron chi connectivity index (χ1n) is 3.93. The first kappa shape index (κ1) is 10.9. The molecule has 0 heterocycles. The maximum absolute atomic E-state index is 11.1. The molecule has 3 heteroatoms. The van der Waals surface area contributed by atoms with Gasteiger partial charge >= 0.3 is 5.97 Å². The Morgan fingerprint density at radius 2 is 2.00 bits per heavy atom. The van der Waals surface area contributed by atoms with Gasteiger partial charge in [0.2, 0.25) is 0 Å². The molecule has 0 radical (unpaired) electrons. The summed E-state index contributed by atoms with van der Waals surface area (Å²) in [5, 5.41) is 0. The van der Waals surface area contributed by atoms with E-state index in [-0.39, 0.29) is 12.2 Å². The summed E-state index contributed by atoms with van der Waals surface area (Å²) in [5.74, 6) is -0.625. The van der Waals surface area contributed by atoms with Gasteiger partial charge in [0.15, 0.2) is 5.78 Å². The van der Waals surface area contributed by atoms with Crippen LogP contribution in [0.4, 0.5) is 0 Å². The summed E-state index contributed by atoms with van der Waals surface area (Å²) in [4.78, 5) is 21.9. The Bertz CT molecular complexity index is 204. The maximum Gasteiger partial charge on any atom is 0.313 e. The van der Waals surface area contributed by atoms with E-state index >= 15 is 0 Å². The van der Waals surface area contributed by atoms with Crippen molar-refractivity contribution in [3.8, 4) is 0 Å². The van der Waals surface area contributed by atoms with Crippen LogP contribution in [0.15, 0.2) is 11.6 Å². The van der Waals surface area contributed by atoms with Gasteiger partial charge in [-0.25, -0.2) is 0 Å². The Morgan fingerprint density at radius 3 is 2.42 bits per heavy atom. The van der Waals surface area contributed by atoms with Crippen LogP contribution in [0.25, 0.3) is 0 Å². The summed E-state index contributed by atoms with van der Waals surface area (Å²) in [6, 6.07) is 0. The van der Waals surface area contributed by atoms with Crippen molar-refractivity contribution in [3.63, 3.8) is 0 Å². The summed E-state index contributed by atoms with van der Waals surface area (Å²) >= 11 is 0. The van der Waals surface area contributed by atoms with Crippen molar-refractivity contribution >= 4 is 11.8 Å². The number of Topliss-reactive ketones (excluding diaryl/α,β-unsaturated/α-hetero) is 1. The number of rotatable bonds is 4. The van der Waals surface area contributed by atoms with Gasteiger partial charge in [0, 0.05) is 0 Å². The number of esters is 1. The second kappa shape index (κ2) is 5.52. The zero-order valence-electron chi connectivity index (χ0n) is 7.72. The fraction of sp³-hybridized carbons (Fsp3) is 0.556. The van der Waals surface area contributed by atoms with Gasteiger partial charge in [0.1, 0.15) is 6.42 Å². The molecule has 0 aromatic heterocycles. The number of ketones is 1. The molecule has 0 rings (SSSR count). The van der Waals surface area contributed by atoms with E-state index in [0.29, 0.717) is 12.2 Å². The average molecular weight is 170 g/mol. The highest BCUT2D eigenvalue weighted by atomic mass is 16.5. The molecule has 68 valence electrons. The second-order valence-electron chi connectivity index (χ2n) is 2.38. The highest BCUT2D eigenvalue weighted by Crippen LogP contribution is 1.99. The molecule has 0 aliphatic carbocycles. The van der Waals surface area contributed by atoms with Crippen LogP contribution in [0.1, 0.15) is 27.2 Å². The Balaban J connectivity index is 3.93. The van der Waals surface area contributed by atoms with Crippen LogP contribution in [0.5, 0.6) is 0 Å². The van der Waals surface area contributed by atoms with Crippen molar-refractivity contribution in [2.75, 3.05) is 6.61 Å².